The molecule has 2 atom stereocenters. The van der Waals surface area contributed by atoms with E-state index in [2.05, 4.69) is 38.3 Å². The summed E-state index contributed by atoms with van der Waals surface area (Å²) < 4.78 is 5.29. The molecule has 0 fully saturated rings. The number of carbonyl (C=O) groups is 1. The number of carbonyl (C=O) groups excluding carboxylic acids is 1. The van der Waals surface area contributed by atoms with Gasteiger partial charge in [-0.3, -0.25) is 0 Å². The third kappa shape index (κ3) is 8.34. The number of amides is 1. The van der Waals surface area contributed by atoms with Crippen molar-refractivity contribution in [2.45, 2.75) is 72.5 Å². The lowest BCUT2D eigenvalue weighted by Crippen LogP contribution is -2.46. The maximum Gasteiger partial charge on any atom is 0.407 e. The monoisotopic (exact) mass is 258 g/mol. The lowest BCUT2D eigenvalue weighted by Gasteiger charge is -2.27. The molecule has 0 bridgehead atoms. The van der Waals surface area contributed by atoms with E-state index in [1.807, 2.05) is 20.8 Å². The molecule has 108 valence electrons. The van der Waals surface area contributed by atoms with Gasteiger partial charge in [0.25, 0.3) is 0 Å². The van der Waals surface area contributed by atoms with Crippen LogP contribution in [0.4, 0.5) is 4.79 Å². The number of hydrogen-bond acceptors (Lipinski definition) is 3. The highest BCUT2D eigenvalue weighted by atomic mass is 16.5. The largest absolute Gasteiger partial charge is 0.448 e. The van der Waals surface area contributed by atoms with Gasteiger partial charge in [-0.05, 0) is 26.7 Å². The molecular weight excluding hydrogens is 228 g/mol. The molecule has 0 saturated carbocycles. The molecule has 0 aromatic heterocycles. The molecule has 0 aromatic carbocycles. The number of hydrogen-bond donors (Lipinski definition) is 2. The van der Waals surface area contributed by atoms with Crippen molar-refractivity contribution in [3.63, 3.8) is 0 Å². The van der Waals surface area contributed by atoms with Gasteiger partial charge in [0.15, 0.2) is 0 Å². The predicted molar refractivity (Wildman–Crippen MR) is 75.8 cm³/mol. The topological polar surface area (TPSA) is 50.4 Å². The van der Waals surface area contributed by atoms with Gasteiger partial charge in [0.2, 0.25) is 0 Å². The summed E-state index contributed by atoms with van der Waals surface area (Å²) in [5.41, 5.74) is -0.256. The maximum absolute atomic E-state index is 11.6. The van der Waals surface area contributed by atoms with E-state index in [1.165, 1.54) is 0 Å². The van der Waals surface area contributed by atoms with Crippen LogP contribution in [0.15, 0.2) is 0 Å². The fourth-order valence-corrected chi connectivity index (χ4v) is 1.60. The average Bonchev–Trinajstić information content (AvgIpc) is 2.20. The zero-order valence-electron chi connectivity index (χ0n) is 13.0. The van der Waals surface area contributed by atoms with Crippen molar-refractivity contribution in [2.24, 2.45) is 5.92 Å². The van der Waals surface area contributed by atoms with Gasteiger partial charge in [0.05, 0.1) is 0 Å². The van der Waals surface area contributed by atoms with Gasteiger partial charge in [-0.1, -0.05) is 34.1 Å². The average molecular weight is 258 g/mol. The minimum atomic E-state index is -0.346. The first kappa shape index (κ1) is 17.2. The summed E-state index contributed by atoms with van der Waals surface area (Å²) in [7, 11) is 0. The van der Waals surface area contributed by atoms with Gasteiger partial charge in [0.1, 0.15) is 6.61 Å². The zero-order chi connectivity index (χ0) is 14.3. The molecular formula is C14H30N2O2. The molecule has 2 N–H and O–H groups in total. The SMILES string of the molecule is CC[C@H](C)[C@H](COC(=O)NC(C)(C)C)NC(C)C. The van der Waals surface area contributed by atoms with Crippen molar-refractivity contribution < 1.29 is 9.53 Å². The highest BCUT2D eigenvalue weighted by Crippen LogP contribution is 2.09. The Morgan fingerprint density at radius 2 is 1.78 bits per heavy atom. The summed E-state index contributed by atoms with van der Waals surface area (Å²) in [5.74, 6) is 0.481. The third-order valence-corrected chi connectivity index (χ3v) is 2.75. The van der Waals surface area contributed by atoms with E-state index in [1.54, 1.807) is 0 Å². The van der Waals surface area contributed by atoms with E-state index >= 15 is 0 Å². The summed E-state index contributed by atoms with van der Waals surface area (Å²) in [6.45, 7) is 14.7. The highest BCUT2D eigenvalue weighted by Gasteiger charge is 2.20. The van der Waals surface area contributed by atoms with Crippen molar-refractivity contribution in [1.29, 1.82) is 0 Å². The zero-order valence-corrected chi connectivity index (χ0v) is 13.0. The number of nitrogens with one attached hydrogen (secondary N) is 2. The van der Waals surface area contributed by atoms with Crippen LogP contribution in [-0.4, -0.2) is 30.3 Å². The van der Waals surface area contributed by atoms with Gasteiger partial charge >= 0.3 is 6.09 Å². The molecule has 0 aromatic rings. The van der Waals surface area contributed by atoms with E-state index in [-0.39, 0.29) is 17.7 Å². The van der Waals surface area contributed by atoms with Crippen LogP contribution in [0.1, 0.15) is 54.9 Å². The molecule has 4 heteroatoms. The maximum atomic E-state index is 11.6. The van der Waals surface area contributed by atoms with Crippen LogP contribution < -0.4 is 10.6 Å². The van der Waals surface area contributed by atoms with Crippen LogP contribution in [0.25, 0.3) is 0 Å². The lowest BCUT2D eigenvalue weighted by atomic mass is 9.99. The van der Waals surface area contributed by atoms with E-state index < -0.39 is 0 Å². The van der Waals surface area contributed by atoms with Crippen LogP contribution in [-0.2, 0) is 4.74 Å². The van der Waals surface area contributed by atoms with E-state index in [0.29, 0.717) is 18.6 Å². The fraction of sp³-hybridized carbons (Fsp3) is 0.929. The van der Waals surface area contributed by atoms with E-state index in [9.17, 15) is 4.79 Å². The van der Waals surface area contributed by atoms with Gasteiger partial charge in [-0.2, -0.15) is 0 Å². The van der Waals surface area contributed by atoms with Crippen LogP contribution in [0.2, 0.25) is 0 Å². The van der Waals surface area contributed by atoms with E-state index in [4.69, 9.17) is 4.74 Å². The quantitative estimate of drug-likeness (QED) is 0.770. The molecule has 0 unspecified atom stereocenters. The first-order chi connectivity index (χ1) is 8.15. The molecule has 0 saturated heterocycles. The first-order valence-electron chi connectivity index (χ1n) is 6.86. The molecule has 0 rings (SSSR count). The van der Waals surface area contributed by atoms with Crippen LogP contribution >= 0.6 is 0 Å². The summed E-state index contributed by atoms with van der Waals surface area (Å²) in [6, 6.07) is 0.596. The van der Waals surface area contributed by atoms with E-state index in [0.717, 1.165) is 6.42 Å². The molecule has 1 amide bonds. The molecule has 0 aliphatic carbocycles. The Morgan fingerprint density at radius 1 is 1.22 bits per heavy atom. The Morgan fingerprint density at radius 3 is 2.17 bits per heavy atom. The highest BCUT2D eigenvalue weighted by molar-refractivity contribution is 5.68. The van der Waals surface area contributed by atoms with Gasteiger partial charge in [0, 0.05) is 17.6 Å². The molecule has 0 spiro atoms. The normalized spacial score (nSPS) is 15.3. The lowest BCUT2D eigenvalue weighted by molar-refractivity contribution is 0.113. The molecule has 0 heterocycles. The minimum Gasteiger partial charge on any atom is -0.448 e. The number of alkyl carbamates (subject to hydrolysis) is 1. The second kappa shape index (κ2) is 7.62. The van der Waals surface area contributed by atoms with Crippen molar-refractivity contribution in [2.75, 3.05) is 6.61 Å². The Kier molecular flexibility index (Phi) is 7.29. The molecule has 0 aliphatic rings. The third-order valence-electron chi connectivity index (χ3n) is 2.75. The predicted octanol–water partition coefficient (Wildman–Crippen LogP) is 2.92. The summed E-state index contributed by atoms with van der Waals surface area (Å²) in [6.07, 6.45) is 0.718. The first-order valence-corrected chi connectivity index (χ1v) is 6.86. The van der Waals surface area contributed by atoms with Crippen LogP contribution in [0.5, 0.6) is 0 Å². The summed E-state index contributed by atoms with van der Waals surface area (Å²) in [4.78, 5) is 11.6. The standard InChI is InChI=1S/C14H30N2O2/c1-8-11(4)12(15-10(2)3)9-18-13(17)16-14(5,6)7/h10-12,15H,8-9H2,1-7H3,(H,16,17)/t11-,12-/m0/s1. The Balaban J connectivity index is 4.22. The van der Waals surface area contributed by atoms with Gasteiger partial charge < -0.3 is 15.4 Å². The molecule has 4 nitrogen and oxygen atoms in total. The Labute approximate surface area is 112 Å². The minimum absolute atomic E-state index is 0.209. The fourth-order valence-electron chi connectivity index (χ4n) is 1.60. The number of ether oxygens (including phenoxy) is 1. The Bertz CT molecular complexity index is 247. The van der Waals surface area contributed by atoms with Crippen molar-refractivity contribution >= 4 is 6.09 Å². The van der Waals surface area contributed by atoms with Gasteiger partial charge in [-0.25, -0.2) is 4.79 Å². The van der Waals surface area contributed by atoms with Crippen molar-refractivity contribution in [1.82, 2.24) is 10.6 Å². The van der Waals surface area contributed by atoms with Crippen molar-refractivity contribution in [3.05, 3.63) is 0 Å². The van der Waals surface area contributed by atoms with Crippen molar-refractivity contribution in [3.8, 4) is 0 Å². The second-order valence-corrected chi connectivity index (χ2v) is 6.29. The van der Waals surface area contributed by atoms with Crippen LogP contribution in [0, 0.1) is 5.92 Å². The summed E-state index contributed by atoms with van der Waals surface area (Å²) in [5, 5.41) is 6.24. The Hall–Kier alpha value is -0.770. The number of rotatable bonds is 6. The molecule has 18 heavy (non-hydrogen) atoms. The second-order valence-electron chi connectivity index (χ2n) is 6.29. The van der Waals surface area contributed by atoms with Gasteiger partial charge in [-0.15, -0.1) is 0 Å². The summed E-state index contributed by atoms with van der Waals surface area (Å²) >= 11 is 0. The smallest absolute Gasteiger partial charge is 0.407 e. The molecule has 0 radical (unpaired) electrons. The molecule has 0 aliphatic heterocycles. The van der Waals surface area contributed by atoms with Crippen LogP contribution in [0.3, 0.4) is 0 Å².